The van der Waals surface area contributed by atoms with Crippen molar-refractivity contribution in [3.05, 3.63) is 12.5 Å². The summed E-state index contributed by atoms with van der Waals surface area (Å²) in [5, 5.41) is 0. The van der Waals surface area contributed by atoms with Crippen LogP contribution in [-0.4, -0.2) is 34.5 Å². The van der Waals surface area contributed by atoms with E-state index < -0.39 is 0 Å². The van der Waals surface area contributed by atoms with Gasteiger partial charge in [0.05, 0.1) is 6.33 Å². The van der Waals surface area contributed by atoms with Crippen molar-refractivity contribution < 1.29 is 4.79 Å². The molecule has 1 heterocycles. The van der Waals surface area contributed by atoms with Crippen LogP contribution in [0, 0.1) is 0 Å². The number of anilines is 1. The molecule has 5 nitrogen and oxygen atoms in total. The number of likely N-dealkylation sites (N-methyl/N-ethyl adjacent to an activating group) is 1. The molecule has 0 saturated heterocycles. The normalized spacial score (nSPS) is 12.5. The van der Waals surface area contributed by atoms with Gasteiger partial charge in [-0.2, -0.15) is 0 Å². The summed E-state index contributed by atoms with van der Waals surface area (Å²) in [4.78, 5) is 16.9. The van der Waals surface area contributed by atoms with E-state index in [4.69, 9.17) is 5.73 Å². The predicted molar refractivity (Wildman–Crippen MR) is 50.0 cm³/mol. The Bertz CT molecular complexity index is 305. The van der Waals surface area contributed by atoms with E-state index in [1.807, 2.05) is 6.92 Å². The zero-order valence-corrected chi connectivity index (χ0v) is 8.06. The van der Waals surface area contributed by atoms with Gasteiger partial charge in [-0.3, -0.25) is 4.79 Å². The zero-order valence-electron chi connectivity index (χ0n) is 8.06. The van der Waals surface area contributed by atoms with Crippen LogP contribution in [0.15, 0.2) is 12.5 Å². The number of carbonyl (C=O) groups excluding carboxylic acids is 1. The highest BCUT2D eigenvalue weighted by Gasteiger charge is 2.16. The van der Waals surface area contributed by atoms with Gasteiger partial charge >= 0.3 is 0 Å². The number of nitrogens with two attached hydrogens (primary N) is 1. The van der Waals surface area contributed by atoms with Gasteiger partial charge in [-0.25, -0.2) is 4.98 Å². The molecule has 0 aromatic carbocycles. The lowest BCUT2D eigenvalue weighted by Gasteiger charge is -2.17. The number of hydrogen-bond donors (Lipinski definition) is 1. The zero-order chi connectivity index (χ0) is 10.0. The second kappa shape index (κ2) is 3.47. The molecule has 72 valence electrons. The number of nitrogens with zero attached hydrogens (tertiary/aromatic N) is 3. The summed E-state index contributed by atoms with van der Waals surface area (Å²) in [7, 11) is 3.44. The number of nitrogen functional groups attached to an aromatic ring is 1. The van der Waals surface area contributed by atoms with Crippen LogP contribution in [0.5, 0.6) is 0 Å². The molecule has 0 aliphatic carbocycles. The van der Waals surface area contributed by atoms with Crippen molar-refractivity contribution in [2.75, 3.05) is 19.8 Å². The summed E-state index contributed by atoms with van der Waals surface area (Å²) < 4.78 is 1.69. The number of rotatable bonds is 2. The molecule has 1 atom stereocenters. The molecule has 1 unspecified atom stereocenters. The topological polar surface area (TPSA) is 64.2 Å². The molecule has 1 rings (SSSR count). The minimum Gasteiger partial charge on any atom is -0.382 e. The van der Waals surface area contributed by atoms with Gasteiger partial charge in [0.2, 0.25) is 5.91 Å². The van der Waals surface area contributed by atoms with Crippen LogP contribution in [0.25, 0.3) is 0 Å². The van der Waals surface area contributed by atoms with Gasteiger partial charge in [-0.05, 0) is 6.92 Å². The maximum Gasteiger partial charge on any atom is 0.244 e. The molecule has 1 amide bonds. The van der Waals surface area contributed by atoms with Crippen LogP contribution >= 0.6 is 0 Å². The third-order valence-electron chi connectivity index (χ3n) is 1.87. The third kappa shape index (κ3) is 1.99. The Morgan fingerprint density at radius 1 is 1.69 bits per heavy atom. The van der Waals surface area contributed by atoms with Crippen molar-refractivity contribution in [1.82, 2.24) is 14.5 Å². The Kier molecular flexibility index (Phi) is 2.55. The van der Waals surface area contributed by atoms with E-state index in [-0.39, 0.29) is 11.9 Å². The minimum atomic E-state index is -0.250. The van der Waals surface area contributed by atoms with Gasteiger partial charge in [0.15, 0.2) is 0 Å². The van der Waals surface area contributed by atoms with Crippen molar-refractivity contribution in [3.8, 4) is 0 Å². The molecule has 0 saturated carbocycles. The molecule has 5 heteroatoms. The molecule has 1 aromatic heterocycles. The molecule has 0 aliphatic rings. The maximum atomic E-state index is 11.5. The fourth-order valence-corrected chi connectivity index (χ4v) is 1.07. The van der Waals surface area contributed by atoms with E-state index in [1.54, 1.807) is 36.1 Å². The second-order valence-corrected chi connectivity index (χ2v) is 3.15. The molecular formula is C8H14N4O. The van der Waals surface area contributed by atoms with Crippen molar-refractivity contribution in [2.45, 2.75) is 13.0 Å². The van der Waals surface area contributed by atoms with Gasteiger partial charge in [0.25, 0.3) is 0 Å². The largest absolute Gasteiger partial charge is 0.382 e. The van der Waals surface area contributed by atoms with E-state index in [0.717, 1.165) is 0 Å². The average Bonchev–Trinajstić information content (AvgIpc) is 2.49. The first-order valence-electron chi connectivity index (χ1n) is 4.02. The molecule has 13 heavy (non-hydrogen) atoms. The lowest BCUT2D eigenvalue weighted by molar-refractivity contribution is -0.131. The molecule has 0 radical (unpaired) electrons. The van der Waals surface area contributed by atoms with E-state index in [9.17, 15) is 4.79 Å². The Morgan fingerprint density at radius 2 is 2.31 bits per heavy atom. The third-order valence-corrected chi connectivity index (χ3v) is 1.87. The first-order valence-corrected chi connectivity index (χ1v) is 4.02. The summed E-state index contributed by atoms with van der Waals surface area (Å²) in [5.74, 6) is 0.454. The standard InChI is InChI=1S/C8H14N4O/c1-6(8(13)11(2)3)12-4-7(9)10-5-12/h4-6H,9H2,1-3H3. The quantitative estimate of drug-likeness (QED) is 0.706. The molecule has 0 fully saturated rings. The van der Waals surface area contributed by atoms with Crippen LogP contribution in [0.4, 0.5) is 5.82 Å². The first kappa shape index (κ1) is 9.57. The Labute approximate surface area is 77.2 Å². The van der Waals surface area contributed by atoms with E-state index in [2.05, 4.69) is 4.98 Å². The SMILES string of the molecule is CC(C(=O)N(C)C)n1cnc(N)c1. The van der Waals surface area contributed by atoms with Crippen molar-refractivity contribution in [1.29, 1.82) is 0 Å². The van der Waals surface area contributed by atoms with Gasteiger partial charge in [-0.1, -0.05) is 0 Å². The number of hydrogen-bond acceptors (Lipinski definition) is 3. The van der Waals surface area contributed by atoms with Gasteiger partial charge in [0.1, 0.15) is 11.9 Å². The highest BCUT2D eigenvalue weighted by Crippen LogP contribution is 2.09. The highest BCUT2D eigenvalue weighted by molar-refractivity contribution is 5.79. The summed E-state index contributed by atoms with van der Waals surface area (Å²) >= 11 is 0. The molecule has 0 aliphatic heterocycles. The molecule has 1 aromatic rings. The fraction of sp³-hybridized carbons (Fsp3) is 0.500. The second-order valence-electron chi connectivity index (χ2n) is 3.15. The Balaban J connectivity index is 2.79. The number of amides is 1. The Morgan fingerprint density at radius 3 is 2.69 bits per heavy atom. The number of aromatic nitrogens is 2. The smallest absolute Gasteiger partial charge is 0.244 e. The molecule has 0 bridgehead atoms. The predicted octanol–water partition coefficient (Wildman–Crippen LogP) is 0.114. The van der Waals surface area contributed by atoms with Crippen LogP contribution < -0.4 is 5.73 Å². The maximum absolute atomic E-state index is 11.5. The lowest BCUT2D eigenvalue weighted by atomic mass is 10.3. The molecule has 0 spiro atoms. The summed E-state index contributed by atoms with van der Waals surface area (Å²) in [6.07, 6.45) is 3.20. The highest BCUT2D eigenvalue weighted by atomic mass is 16.2. The van der Waals surface area contributed by atoms with Crippen LogP contribution in [0.3, 0.4) is 0 Å². The lowest BCUT2D eigenvalue weighted by Crippen LogP contribution is -2.29. The molecule has 2 N–H and O–H groups in total. The van der Waals surface area contributed by atoms with Crippen LogP contribution in [0.2, 0.25) is 0 Å². The monoisotopic (exact) mass is 182 g/mol. The summed E-state index contributed by atoms with van der Waals surface area (Å²) in [5.41, 5.74) is 5.44. The van der Waals surface area contributed by atoms with Crippen molar-refractivity contribution in [3.63, 3.8) is 0 Å². The van der Waals surface area contributed by atoms with E-state index >= 15 is 0 Å². The van der Waals surface area contributed by atoms with Crippen LogP contribution in [-0.2, 0) is 4.79 Å². The number of carbonyl (C=O) groups is 1. The van der Waals surface area contributed by atoms with Crippen LogP contribution in [0.1, 0.15) is 13.0 Å². The van der Waals surface area contributed by atoms with Gasteiger partial charge < -0.3 is 15.2 Å². The Hall–Kier alpha value is -1.52. The van der Waals surface area contributed by atoms with Gasteiger partial charge in [-0.15, -0.1) is 0 Å². The summed E-state index contributed by atoms with van der Waals surface area (Å²) in [6.45, 7) is 1.81. The van der Waals surface area contributed by atoms with E-state index in [0.29, 0.717) is 5.82 Å². The minimum absolute atomic E-state index is 0.0254. The first-order chi connectivity index (χ1) is 6.02. The number of imidazole rings is 1. The fourth-order valence-electron chi connectivity index (χ4n) is 1.07. The van der Waals surface area contributed by atoms with Crippen molar-refractivity contribution in [2.24, 2.45) is 0 Å². The van der Waals surface area contributed by atoms with Crippen molar-refractivity contribution >= 4 is 11.7 Å². The summed E-state index contributed by atoms with van der Waals surface area (Å²) in [6, 6.07) is -0.250. The van der Waals surface area contributed by atoms with E-state index in [1.165, 1.54) is 0 Å². The average molecular weight is 182 g/mol. The van der Waals surface area contributed by atoms with Gasteiger partial charge in [0, 0.05) is 20.3 Å². The molecular weight excluding hydrogens is 168 g/mol.